The zero-order valence-corrected chi connectivity index (χ0v) is 15.2. The number of hydrogen-bond acceptors (Lipinski definition) is 7. The van der Waals surface area contributed by atoms with E-state index in [1.807, 2.05) is 0 Å². The van der Waals surface area contributed by atoms with Crippen LogP contribution >= 0.6 is 0 Å². The van der Waals surface area contributed by atoms with E-state index >= 15 is 0 Å². The van der Waals surface area contributed by atoms with Gasteiger partial charge in [-0.25, -0.2) is 9.78 Å². The molecule has 0 aliphatic carbocycles. The number of piperazine rings is 1. The molecule has 1 fully saturated rings. The van der Waals surface area contributed by atoms with Crippen molar-refractivity contribution in [3.63, 3.8) is 0 Å². The summed E-state index contributed by atoms with van der Waals surface area (Å²) >= 11 is 0. The maximum Gasteiger partial charge on any atom is 0.332 e. The fourth-order valence-corrected chi connectivity index (χ4v) is 3.46. The van der Waals surface area contributed by atoms with E-state index in [1.54, 1.807) is 18.7 Å². The Hall–Kier alpha value is -2.01. The maximum absolute atomic E-state index is 12.7. The molecule has 0 amide bonds. The first kappa shape index (κ1) is 18.8. The van der Waals surface area contributed by atoms with Crippen LogP contribution in [0.4, 0.5) is 0 Å². The summed E-state index contributed by atoms with van der Waals surface area (Å²) in [5, 5.41) is 19.4. The molecule has 0 saturated carbocycles. The summed E-state index contributed by atoms with van der Waals surface area (Å²) in [6, 6.07) is 0. The number of aliphatic hydroxyl groups excluding tert-OH is 2. The molecule has 0 aromatic carbocycles. The van der Waals surface area contributed by atoms with Crippen LogP contribution in [0.15, 0.2) is 15.9 Å². The summed E-state index contributed by atoms with van der Waals surface area (Å²) < 4.78 is 3.99. The standard InChI is InChI=1S/C16H26N6O4/c1-18-11-17-14-13(18)15(25)22(16(26)19(14)2)10-12(24)9-21-5-3-20(4-6-21)7-8-23/h11-12,23-24H,3-10H2,1-2H3/t12-/m0/s1. The third kappa shape index (κ3) is 3.58. The van der Waals surface area contributed by atoms with Gasteiger partial charge in [0.1, 0.15) is 0 Å². The molecule has 0 unspecified atom stereocenters. The minimum Gasteiger partial charge on any atom is -0.395 e. The van der Waals surface area contributed by atoms with Gasteiger partial charge in [0.2, 0.25) is 0 Å². The number of hydrogen-bond donors (Lipinski definition) is 2. The van der Waals surface area contributed by atoms with Gasteiger partial charge in [-0.2, -0.15) is 0 Å². The highest BCUT2D eigenvalue weighted by Gasteiger charge is 2.21. The highest BCUT2D eigenvalue weighted by molar-refractivity contribution is 5.69. The number of aliphatic hydroxyl groups is 2. The van der Waals surface area contributed by atoms with Gasteiger partial charge in [0.25, 0.3) is 5.56 Å². The van der Waals surface area contributed by atoms with Crippen molar-refractivity contribution in [2.45, 2.75) is 12.6 Å². The second-order valence-electron chi connectivity index (χ2n) is 6.80. The van der Waals surface area contributed by atoms with Crippen molar-refractivity contribution >= 4 is 11.2 Å². The Morgan fingerprint density at radius 2 is 1.77 bits per heavy atom. The van der Waals surface area contributed by atoms with Crippen LogP contribution in [-0.4, -0.2) is 90.7 Å². The summed E-state index contributed by atoms with van der Waals surface area (Å²) in [5.74, 6) is 0. The minimum atomic E-state index is -0.824. The quantitative estimate of drug-likeness (QED) is 0.577. The molecule has 0 bridgehead atoms. The molecule has 0 spiro atoms. The Kier molecular flexibility index (Phi) is 5.56. The first-order valence-corrected chi connectivity index (χ1v) is 8.77. The van der Waals surface area contributed by atoms with Crippen LogP contribution in [0.1, 0.15) is 0 Å². The van der Waals surface area contributed by atoms with Crippen molar-refractivity contribution in [3.8, 4) is 0 Å². The number of aromatic nitrogens is 4. The van der Waals surface area contributed by atoms with Gasteiger partial charge in [0, 0.05) is 53.4 Å². The highest BCUT2D eigenvalue weighted by atomic mass is 16.3. The number of fused-ring (bicyclic) bond motifs is 1. The van der Waals surface area contributed by atoms with E-state index in [2.05, 4.69) is 14.8 Å². The van der Waals surface area contributed by atoms with E-state index < -0.39 is 17.4 Å². The number of nitrogens with zero attached hydrogens (tertiary/aromatic N) is 6. The fraction of sp³-hybridized carbons (Fsp3) is 0.688. The van der Waals surface area contributed by atoms with Gasteiger partial charge in [-0.1, -0.05) is 0 Å². The zero-order valence-electron chi connectivity index (χ0n) is 15.2. The molecule has 10 nitrogen and oxygen atoms in total. The minimum absolute atomic E-state index is 0.0521. The number of β-amino-alcohol motifs (C(OH)–C–C–N with tert-alkyl or cyclic N) is 2. The molecular formula is C16H26N6O4. The van der Waals surface area contributed by atoms with Gasteiger partial charge in [0.15, 0.2) is 11.2 Å². The molecule has 1 aliphatic heterocycles. The molecule has 0 radical (unpaired) electrons. The van der Waals surface area contributed by atoms with E-state index in [0.717, 1.165) is 30.7 Å². The van der Waals surface area contributed by atoms with E-state index in [9.17, 15) is 14.7 Å². The lowest BCUT2D eigenvalue weighted by atomic mass is 10.2. The molecule has 10 heteroatoms. The molecule has 2 aromatic rings. The summed E-state index contributed by atoms with van der Waals surface area (Å²) in [5.41, 5.74) is -0.229. The van der Waals surface area contributed by atoms with E-state index in [4.69, 9.17) is 5.11 Å². The Labute approximate surface area is 150 Å². The average Bonchev–Trinajstić information content (AvgIpc) is 3.01. The van der Waals surface area contributed by atoms with Crippen LogP contribution in [0.3, 0.4) is 0 Å². The molecule has 2 N–H and O–H groups in total. The first-order valence-electron chi connectivity index (χ1n) is 8.77. The number of aryl methyl sites for hydroxylation is 2. The molecular weight excluding hydrogens is 340 g/mol. The largest absolute Gasteiger partial charge is 0.395 e. The van der Waals surface area contributed by atoms with Gasteiger partial charge in [0.05, 0.1) is 25.6 Å². The zero-order chi connectivity index (χ0) is 18.8. The molecule has 2 aromatic heterocycles. The lowest BCUT2D eigenvalue weighted by Crippen LogP contribution is -2.50. The monoisotopic (exact) mass is 366 g/mol. The topological polar surface area (TPSA) is 109 Å². The Balaban J connectivity index is 1.72. The van der Waals surface area contributed by atoms with Crippen LogP contribution in [-0.2, 0) is 20.6 Å². The number of imidazole rings is 1. The molecule has 26 heavy (non-hydrogen) atoms. The van der Waals surface area contributed by atoms with Crippen LogP contribution in [0.25, 0.3) is 11.2 Å². The van der Waals surface area contributed by atoms with Crippen LogP contribution in [0.2, 0.25) is 0 Å². The van der Waals surface area contributed by atoms with Crippen LogP contribution in [0, 0.1) is 0 Å². The molecule has 3 heterocycles. The smallest absolute Gasteiger partial charge is 0.332 e. The Morgan fingerprint density at radius 3 is 2.42 bits per heavy atom. The molecule has 3 rings (SSSR count). The van der Waals surface area contributed by atoms with Crippen LogP contribution in [0.5, 0.6) is 0 Å². The average molecular weight is 366 g/mol. The third-order valence-electron chi connectivity index (χ3n) is 4.94. The van der Waals surface area contributed by atoms with Crippen molar-refractivity contribution in [3.05, 3.63) is 27.2 Å². The van der Waals surface area contributed by atoms with Crippen molar-refractivity contribution in [2.24, 2.45) is 14.1 Å². The lowest BCUT2D eigenvalue weighted by Gasteiger charge is -2.35. The second kappa shape index (κ2) is 7.70. The van der Waals surface area contributed by atoms with Gasteiger partial charge in [-0.15, -0.1) is 0 Å². The molecule has 1 saturated heterocycles. The highest BCUT2D eigenvalue weighted by Crippen LogP contribution is 2.05. The van der Waals surface area contributed by atoms with Gasteiger partial charge >= 0.3 is 5.69 Å². The third-order valence-corrected chi connectivity index (χ3v) is 4.94. The normalized spacial score (nSPS) is 17.8. The number of rotatable bonds is 6. The summed E-state index contributed by atoms with van der Waals surface area (Å²) in [6.07, 6.45) is 0.675. The first-order chi connectivity index (χ1) is 12.4. The molecule has 1 atom stereocenters. The van der Waals surface area contributed by atoms with Crippen molar-refractivity contribution in [2.75, 3.05) is 45.9 Å². The second-order valence-corrected chi connectivity index (χ2v) is 6.80. The predicted molar refractivity (Wildman–Crippen MR) is 96.2 cm³/mol. The summed E-state index contributed by atoms with van der Waals surface area (Å²) in [7, 11) is 3.27. The molecule has 1 aliphatic rings. The molecule has 144 valence electrons. The van der Waals surface area contributed by atoms with Crippen LogP contribution < -0.4 is 11.2 Å². The van der Waals surface area contributed by atoms with Gasteiger partial charge in [-0.3, -0.25) is 23.7 Å². The predicted octanol–water partition coefficient (Wildman–Crippen LogP) is -2.60. The Bertz CT molecular complexity index is 877. The van der Waals surface area contributed by atoms with Gasteiger partial charge < -0.3 is 14.8 Å². The summed E-state index contributed by atoms with van der Waals surface area (Å²) in [6.45, 7) is 4.37. The van der Waals surface area contributed by atoms with E-state index in [0.29, 0.717) is 24.3 Å². The summed E-state index contributed by atoms with van der Waals surface area (Å²) in [4.78, 5) is 33.5. The maximum atomic E-state index is 12.7. The van der Waals surface area contributed by atoms with Crippen molar-refractivity contribution < 1.29 is 10.2 Å². The van der Waals surface area contributed by atoms with Crippen molar-refractivity contribution in [1.82, 2.24) is 28.5 Å². The fourth-order valence-electron chi connectivity index (χ4n) is 3.46. The van der Waals surface area contributed by atoms with E-state index in [1.165, 1.54) is 10.9 Å². The van der Waals surface area contributed by atoms with E-state index in [-0.39, 0.29) is 13.2 Å². The van der Waals surface area contributed by atoms with Gasteiger partial charge in [-0.05, 0) is 0 Å². The lowest BCUT2D eigenvalue weighted by molar-refractivity contribution is 0.0580. The Morgan fingerprint density at radius 1 is 1.12 bits per heavy atom. The van der Waals surface area contributed by atoms with Crippen molar-refractivity contribution in [1.29, 1.82) is 0 Å². The SMILES string of the molecule is Cn1cnc2c1c(=O)n(C[C@@H](O)CN1CCN(CCO)CC1)c(=O)n2C.